The summed E-state index contributed by atoms with van der Waals surface area (Å²) >= 11 is 1.58. The summed E-state index contributed by atoms with van der Waals surface area (Å²) in [6.45, 7) is 3.90. The average Bonchev–Trinajstić information content (AvgIpc) is 2.86. The summed E-state index contributed by atoms with van der Waals surface area (Å²) in [7, 11) is 0. The smallest absolute Gasteiger partial charge is 0.238 e. The molecule has 108 valence electrons. The molecular formula is C17H16FNOS. The van der Waals surface area contributed by atoms with Crippen LogP contribution in [0.5, 0.6) is 0 Å². The van der Waals surface area contributed by atoms with Gasteiger partial charge in [0.15, 0.2) is 0 Å². The largest absolute Gasteiger partial charge is 0.325 e. The number of aryl methyl sites for hydroxylation is 2. The number of hydrogen-bond acceptors (Lipinski definition) is 2. The van der Waals surface area contributed by atoms with Crippen LogP contribution in [0.4, 0.5) is 10.1 Å². The highest BCUT2D eigenvalue weighted by molar-refractivity contribution is 8.01. The summed E-state index contributed by atoms with van der Waals surface area (Å²) in [5, 5.41) is 2.69. The molecular weight excluding hydrogens is 285 g/mol. The van der Waals surface area contributed by atoms with Gasteiger partial charge in [-0.25, -0.2) is 4.39 Å². The van der Waals surface area contributed by atoms with E-state index in [2.05, 4.69) is 23.5 Å². The third-order valence-electron chi connectivity index (χ3n) is 3.65. The van der Waals surface area contributed by atoms with Gasteiger partial charge in [0, 0.05) is 10.6 Å². The number of carbonyl (C=O) groups is 1. The first-order valence-corrected chi connectivity index (χ1v) is 7.74. The lowest BCUT2D eigenvalue weighted by Gasteiger charge is -2.12. The quantitative estimate of drug-likeness (QED) is 0.905. The molecule has 1 heterocycles. The fourth-order valence-electron chi connectivity index (χ4n) is 2.42. The molecule has 0 fully saturated rings. The Morgan fingerprint density at radius 2 is 2.05 bits per heavy atom. The average molecular weight is 301 g/mol. The van der Waals surface area contributed by atoms with E-state index in [1.165, 1.54) is 28.2 Å². The van der Waals surface area contributed by atoms with Crippen LogP contribution in [0.25, 0.3) is 0 Å². The zero-order chi connectivity index (χ0) is 15.0. The third kappa shape index (κ3) is 2.95. The van der Waals surface area contributed by atoms with Crippen molar-refractivity contribution >= 4 is 23.4 Å². The molecule has 0 aromatic heterocycles. The lowest BCUT2D eigenvalue weighted by atomic mass is 10.1. The van der Waals surface area contributed by atoms with Crippen LogP contribution in [0.3, 0.4) is 0 Å². The maximum Gasteiger partial charge on any atom is 0.238 e. The molecule has 0 bridgehead atoms. The highest BCUT2D eigenvalue weighted by atomic mass is 32.2. The topological polar surface area (TPSA) is 29.1 Å². The van der Waals surface area contributed by atoms with Gasteiger partial charge in [-0.05, 0) is 49.6 Å². The zero-order valence-electron chi connectivity index (χ0n) is 11.9. The highest BCUT2D eigenvalue weighted by Gasteiger charge is 2.28. The number of nitrogens with one attached hydrogen (secondary N) is 1. The van der Waals surface area contributed by atoms with Gasteiger partial charge in [-0.3, -0.25) is 4.79 Å². The first-order valence-electron chi connectivity index (χ1n) is 6.86. The van der Waals surface area contributed by atoms with E-state index in [0.29, 0.717) is 5.69 Å². The number of anilines is 1. The van der Waals surface area contributed by atoms with Gasteiger partial charge < -0.3 is 5.32 Å². The van der Waals surface area contributed by atoms with Crippen LogP contribution in [-0.2, 0) is 11.2 Å². The molecule has 0 saturated heterocycles. The minimum absolute atomic E-state index is 0.0671. The van der Waals surface area contributed by atoms with E-state index >= 15 is 0 Å². The highest BCUT2D eigenvalue weighted by Crippen LogP contribution is 2.38. The van der Waals surface area contributed by atoms with Gasteiger partial charge in [0.2, 0.25) is 5.91 Å². The van der Waals surface area contributed by atoms with Crippen molar-refractivity contribution in [1.29, 1.82) is 0 Å². The van der Waals surface area contributed by atoms with Crippen LogP contribution < -0.4 is 5.32 Å². The van der Waals surface area contributed by atoms with E-state index in [1.54, 1.807) is 17.8 Å². The molecule has 2 aromatic rings. The number of carbonyl (C=O) groups excluding carboxylic acids is 1. The van der Waals surface area contributed by atoms with Crippen LogP contribution in [0, 0.1) is 19.7 Å². The lowest BCUT2D eigenvalue weighted by Crippen LogP contribution is -2.25. The second-order valence-electron chi connectivity index (χ2n) is 5.37. The monoisotopic (exact) mass is 301 g/mol. The maximum atomic E-state index is 13.3. The Kier molecular flexibility index (Phi) is 3.72. The van der Waals surface area contributed by atoms with Crippen molar-refractivity contribution in [2.75, 3.05) is 5.32 Å². The Hall–Kier alpha value is -1.81. The van der Waals surface area contributed by atoms with E-state index in [0.717, 1.165) is 12.0 Å². The first kappa shape index (κ1) is 14.1. The summed E-state index contributed by atoms with van der Waals surface area (Å²) in [6.07, 6.45) is 0.723. The fourth-order valence-corrected chi connectivity index (χ4v) is 3.72. The van der Waals surface area contributed by atoms with E-state index in [1.807, 2.05) is 13.8 Å². The molecule has 1 atom stereocenters. The van der Waals surface area contributed by atoms with Crippen molar-refractivity contribution in [2.24, 2.45) is 0 Å². The predicted octanol–water partition coefficient (Wildman–Crippen LogP) is 4.10. The van der Waals surface area contributed by atoms with Crippen LogP contribution in [0.15, 0.2) is 41.3 Å². The first-order chi connectivity index (χ1) is 10.0. The summed E-state index contributed by atoms with van der Waals surface area (Å²) in [4.78, 5) is 13.5. The lowest BCUT2D eigenvalue weighted by molar-refractivity contribution is -0.115. The van der Waals surface area contributed by atoms with E-state index < -0.39 is 0 Å². The molecule has 3 rings (SSSR count). The zero-order valence-corrected chi connectivity index (χ0v) is 12.8. The second-order valence-corrected chi connectivity index (χ2v) is 6.61. The summed E-state index contributed by atoms with van der Waals surface area (Å²) in [5.74, 6) is -0.406. The summed E-state index contributed by atoms with van der Waals surface area (Å²) in [6, 6.07) is 10.7. The van der Waals surface area contributed by atoms with Crippen molar-refractivity contribution in [3.63, 3.8) is 0 Å². The predicted molar refractivity (Wildman–Crippen MR) is 84.3 cm³/mol. The van der Waals surface area contributed by atoms with Gasteiger partial charge in [0.1, 0.15) is 5.82 Å². The molecule has 1 aliphatic rings. The Morgan fingerprint density at radius 1 is 1.24 bits per heavy atom. The van der Waals surface area contributed by atoms with Gasteiger partial charge in [0.25, 0.3) is 0 Å². The number of hydrogen-bond donors (Lipinski definition) is 1. The molecule has 0 radical (unpaired) electrons. The van der Waals surface area contributed by atoms with Crippen molar-refractivity contribution in [2.45, 2.75) is 30.4 Å². The van der Waals surface area contributed by atoms with Gasteiger partial charge in [-0.2, -0.15) is 0 Å². The Labute approximate surface area is 127 Å². The molecule has 4 heteroatoms. The van der Waals surface area contributed by atoms with Gasteiger partial charge in [-0.15, -0.1) is 11.8 Å². The van der Waals surface area contributed by atoms with E-state index in [-0.39, 0.29) is 17.0 Å². The summed E-state index contributed by atoms with van der Waals surface area (Å²) in [5.41, 5.74) is 3.82. The number of rotatable bonds is 2. The second kappa shape index (κ2) is 5.53. The molecule has 2 nitrogen and oxygen atoms in total. The molecule has 1 N–H and O–H groups in total. The number of amides is 1. The molecule has 0 saturated carbocycles. The fraction of sp³-hybridized carbons (Fsp3) is 0.235. The Bertz CT molecular complexity index is 714. The van der Waals surface area contributed by atoms with Gasteiger partial charge in [0.05, 0.1) is 5.25 Å². The van der Waals surface area contributed by atoms with Crippen LogP contribution in [-0.4, -0.2) is 11.2 Å². The summed E-state index contributed by atoms with van der Waals surface area (Å²) < 4.78 is 13.3. The van der Waals surface area contributed by atoms with Crippen molar-refractivity contribution < 1.29 is 9.18 Å². The molecule has 0 aliphatic carbocycles. The number of benzene rings is 2. The van der Waals surface area contributed by atoms with Crippen molar-refractivity contribution in [1.82, 2.24) is 0 Å². The molecule has 0 spiro atoms. The normalized spacial score (nSPS) is 16.6. The minimum Gasteiger partial charge on any atom is -0.325 e. The minimum atomic E-state index is -0.339. The van der Waals surface area contributed by atoms with Crippen LogP contribution in [0.1, 0.15) is 16.7 Å². The van der Waals surface area contributed by atoms with Crippen molar-refractivity contribution in [3.05, 3.63) is 58.9 Å². The molecule has 21 heavy (non-hydrogen) atoms. The van der Waals surface area contributed by atoms with Crippen LogP contribution >= 0.6 is 11.8 Å². The van der Waals surface area contributed by atoms with Gasteiger partial charge >= 0.3 is 0 Å². The van der Waals surface area contributed by atoms with E-state index in [4.69, 9.17) is 0 Å². The Morgan fingerprint density at radius 3 is 2.86 bits per heavy atom. The molecule has 1 aliphatic heterocycles. The van der Waals surface area contributed by atoms with Crippen LogP contribution in [0.2, 0.25) is 0 Å². The number of fused-ring (bicyclic) bond motifs is 1. The standard InChI is InChI=1S/C17H16FNOS/c1-10-3-5-12-8-16(21-15(12)7-10)17(20)19-14-9-13(18)6-4-11(14)2/h3-7,9,16H,8H2,1-2H3,(H,19,20). The molecule has 2 aromatic carbocycles. The van der Waals surface area contributed by atoms with E-state index in [9.17, 15) is 9.18 Å². The third-order valence-corrected chi connectivity index (χ3v) is 4.95. The maximum absolute atomic E-state index is 13.3. The van der Waals surface area contributed by atoms with Crippen molar-refractivity contribution in [3.8, 4) is 0 Å². The number of halogens is 1. The number of thioether (sulfide) groups is 1. The van der Waals surface area contributed by atoms with Gasteiger partial charge in [-0.1, -0.05) is 23.8 Å². The SMILES string of the molecule is Cc1ccc2c(c1)SC(C(=O)Nc1cc(F)ccc1C)C2. The Balaban J connectivity index is 1.74. The molecule has 1 amide bonds. The molecule has 1 unspecified atom stereocenters.